The molecule has 0 heterocycles. The van der Waals surface area contributed by atoms with Crippen LogP contribution in [0.4, 0.5) is 4.39 Å². The number of benzene rings is 1. The summed E-state index contributed by atoms with van der Waals surface area (Å²) in [4.78, 5) is 0.849. The van der Waals surface area contributed by atoms with Crippen LogP contribution in [0.15, 0.2) is 45.9 Å². The first-order valence-electron chi connectivity index (χ1n) is 3.01. The van der Waals surface area contributed by atoms with Crippen LogP contribution < -0.4 is 0 Å². The second-order valence-corrected chi connectivity index (χ2v) is 3.11. The lowest BCUT2D eigenvalue weighted by Crippen LogP contribution is -1.67. The van der Waals surface area contributed by atoms with E-state index < -0.39 is 5.16 Å². The van der Waals surface area contributed by atoms with Gasteiger partial charge >= 0.3 is 0 Å². The van der Waals surface area contributed by atoms with Crippen LogP contribution in [0.2, 0.25) is 0 Å². The Labute approximate surface area is 74.1 Å². The lowest BCUT2D eigenvalue weighted by Gasteiger charge is -1.94. The van der Waals surface area contributed by atoms with Crippen molar-refractivity contribution in [2.75, 3.05) is 0 Å². The van der Waals surface area contributed by atoms with Crippen molar-refractivity contribution in [2.24, 2.45) is 0 Å². The molecule has 0 aliphatic heterocycles. The minimum atomic E-state index is -0.391. The largest absolute Gasteiger partial charge is 0.198 e. The van der Waals surface area contributed by atoms with Crippen molar-refractivity contribution >= 4 is 23.4 Å². The highest BCUT2D eigenvalue weighted by Crippen LogP contribution is 2.27. The van der Waals surface area contributed by atoms with Gasteiger partial charge in [-0.05, 0) is 12.1 Å². The minimum absolute atomic E-state index is 0.391. The molecular weight excluding hydrogens is 183 g/mol. The van der Waals surface area contributed by atoms with E-state index in [1.54, 1.807) is 0 Å². The van der Waals surface area contributed by atoms with Gasteiger partial charge in [0.15, 0.2) is 5.16 Å². The average Bonchev–Trinajstić information content (AvgIpc) is 2.06. The Kier molecular flexibility index (Phi) is 3.46. The zero-order chi connectivity index (χ0) is 8.10. The maximum absolute atomic E-state index is 12.5. The molecule has 0 spiro atoms. The molecule has 0 aliphatic rings. The highest BCUT2D eigenvalue weighted by atomic mass is 35.5. The fourth-order valence-corrected chi connectivity index (χ4v) is 1.32. The van der Waals surface area contributed by atoms with Gasteiger partial charge in [0.2, 0.25) is 0 Å². The molecule has 1 aromatic carbocycles. The highest BCUT2D eigenvalue weighted by molar-refractivity contribution is 8.02. The second kappa shape index (κ2) is 4.42. The molecule has 0 atom stereocenters. The number of thioether (sulfide) groups is 1. The van der Waals surface area contributed by atoms with E-state index >= 15 is 0 Å². The van der Waals surface area contributed by atoms with Crippen molar-refractivity contribution in [3.63, 3.8) is 0 Å². The van der Waals surface area contributed by atoms with Crippen LogP contribution in [-0.4, -0.2) is 0 Å². The van der Waals surface area contributed by atoms with Crippen molar-refractivity contribution in [1.82, 2.24) is 0 Å². The van der Waals surface area contributed by atoms with E-state index in [9.17, 15) is 4.39 Å². The third-order valence-corrected chi connectivity index (χ3v) is 2.19. The highest BCUT2D eigenvalue weighted by Gasteiger charge is 1.95. The molecular formula is C8H6ClFS. The van der Waals surface area contributed by atoms with Gasteiger partial charge in [0.1, 0.15) is 0 Å². The van der Waals surface area contributed by atoms with Crippen LogP contribution in [-0.2, 0) is 0 Å². The summed E-state index contributed by atoms with van der Waals surface area (Å²) >= 11 is 6.15. The van der Waals surface area contributed by atoms with Gasteiger partial charge in [-0.3, -0.25) is 0 Å². The Bertz CT molecular complexity index is 246. The van der Waals surface area contributed by atoms with E-state index in [2.05, 4.69) is 0 Å². The Balaban J connectivity index is 2.65. The summed E-state index contributed by atoms with van der Waals surface area (Å²) in [6.45, 7) is 0. The van der Waals surface area contributed by atoms with E-state index in [1.807, 2.05) is 30.3 Å². The standard InChI is InChI=1S/C8H6ClFS/c9-6-8(10)11-7-4-2-1-3-5-7/h1-6H/b8-6-. The molecule has 0 amide bonds. The van der Waals surface area contributed by atoms with E-state index in [1.165, 1.54) is 0 Å². The summed E-state index contributed by atoms with van der Waals surface area (Å²) in [7, 11) is 0. The number of rotatable bonds is 2. The topological polar surface area (TPSA) is 0 Å². The molecule has 0 aromatic heterocycles. The summed E-state index contributed by atoms with van der Waals surface area (Å²) in [5, 5.41) is -0.391. The molecule has 0 bridgehead atoms. The van der Waals surface area contributed by atoms with Gasteiger partial charge in [-0.2, -0.15) is 4.39 Å². The normalized spacial score (nSPS) is 11.6. The lowest BCUT2D eigenvalue weighted by atomic mass is 10.4. The summed E-state index contributed by atoms with van der Waals surface area (Å²) < 4.78 is 12.5. The second-order valence-electron chi connectivity index (χ2n) is 1.83. The minimum Gasteiger partial charge on any atom is -0.198 e. The van der Waals surface area contributed by atoms with Crippen LogP contribution in [0.3, 0.4) is 0 Å². The third kappa shape index (κ3) is 2.95. The molecule has 0 nitrogen and oxygen atoms in total. The molecule has 0 N–H and O–H groups in total. The first kappa shape index (κ1) is 8.62. The smallest absolute Gasteiger partial charge is 0.172 e. The Morgan fingerprint density at radius 3 is 2.55 bits per heavy atom. The van der Waals surface area contributed by atoms with E-state index in [-0.39, 0.29) is 0 Å². The quantitative estimate of drug-likeness (QED) is 0.637. The summed E-state index contributed by atoms with van der Waals surface area (Å²) in [5.41, 5.74) is 0.928. The van der Waals surface area contributed by atoms with E-state index in [4.69, 9.17) is 11.6 Å². The van der Waals surface area contributed by atoms with Crippen LogP contribution in [0, 0.1) is 0 Å². The zero-order valence-corrected chi connectivity index (χ0v) is 7.20. The van der Waals surface area contributed by atoms with Gasteiger partial charge in [-0.1, -0.05) is 41.6 Å². The van der Waals surface area contributed by atoms with Gasteiger partial charge in [-0.25, -0.2) is 0 Å². The molecule has 0 fully saturated rings. The first-order valence-corrected chi connectivity index (χ1v) is 4.27. The molecule has 0 radical (unpaired) electrons. The monoisotopic (exact) mass is 188 g/mol. The molecule has 1 aromatic rings. The van der Waals surface area contributed by atoms with Crippen LogP contribution in [0.5, 0.6) is 0 Å². The molecule has 0 unspecified atom stereocenters. The molecule has 0 saturated carbocycles. The molecule has 0 aliphatic carbocycles. The van der Waals surface area contributed by atoms with Crippen molar-refractivity contribution in [3.05, 3.63) is 41.0 Å². The van der Waals surface area contributed by atoms with Crippen molar-refractivity contribution in [2.45, 2.75) is 4.90 Å². The fourth-order valence-electron chi connectivity index (χ4n) is 0.623. The van der Waals surface area contributed by atoms with Crippen molar-refractivity contribution in [3.8, 4) is 0 Å². The zero-order valence-electron chi connectivity index (χ0n) is 5.63. The van der Waals surface area contributed by atoms with Crippen LogP contribution >= 0.6 is 23.4 Å². The van der Waals surface area contributed by atoms with Gasteiger partial charge < -0.3 is 0 Å². The van der Waals surface area contributed by atoms with Crippen LogP contribution in [0.1, 0.15) is 0 Å². The molecule has 0 saturated heterocycles. The fraction of sp³-hybridized carbons (Fsp3) is 0. The van der Waals surface area contributed by atoms with Gasteiger partial charge in [0, 0.05) is 10.4 Å². The van der Waals surface area contributed by atoms with E-state index in [0.717, 1.165) is 22.2 Å². The van der Waals surface area contributed by atoms with Gasteiger partial charge in [-0.15, -0.1) is 0 Å². The van der Waals surface area contributed by atoms with Gasteiger partial charge in [0.05, 0.1) is 0 Å². The molecule has 11 heavy (non-hydrogen) atoms. The Hall–Kier alpha value is -0.470. The third-order valence-electron chi connectivity index (χ3n) is 1.04. The maximum atomic E-state index is 12.5. The summed E-state index contributed by atoms with van der Waals surface area (Å²) in [5.74, 6) is 0. The molecule has 58 valence electrons. The van der Waals surface area contributed by atoms with E-state index in [0.29, 0.717) is 0 Å². The molecule has 1 rings (SSSR count). The Morgan fingerprint density at radius 1 is 1.36 bits per heavy atom. The maximum Gasteiger partial charge on any atom is 0.172 e. The van der Waals surface area contributed by atoms with Gasteiger partial charge in [0.25, 0.3) is 0 Å². The lowest BCUT2D eigenvalue weighted by molar-refractivity contribution is 0.702. The average molecular weight is 189 g/mol. The molecule has 3 heteroatoms. The summed E-state index contributed by atoms with van der Waals surface area (Å²) in [6, 6.07) is 9.23. The van der Waals surface area contributed by atoms with Crippen molar-refractivity contribution in [1.29, 1.82) is 0 Å². The number of hydrogen-bond acceptors (Lipinski definition) is 1. The van der Waals surface area contributed by atoms with Crippen molar-refractivity contribution < 1.29 is 4.39 Å². The Morgan fingerprint density at radius 2 is 2.00 bits per heavy atom. The SMILES string of the molecule is F/C(=C/Cl)Sc1ccccc1. The first-order chi connectivity index (χ1) is 5.33. The number of hydrogen-bond donors (Lipinski definition) is 0. The predicted molar refractivity (Wildman–Crippen MR) is 47.3 cm³/mol. The van der Waals surface area contributed by atoms with Crippen LogP contribution in [0.25, 0.3) is 0 Å². The summed E-state index contributed by atoms with van der Waals surface area (Å²) in [6.07, 6.45) is 0. The number of halogens is 2. The predicted octanol–water partition coefficient (Wildman–Crippen LogP) is 3.79.